The van der Waals surface area contributed by atoms with Gasteiger partial charge in [0.2, 0.25) is 0 Å². The van der Waals surface area contributed by atoms with Crippen LogP contribution in [0.2, 0.25) is 47.2 Å². The molecule has 8 bridgehead atoms. The monoisotopic (exact) mass is 618 g/mol. The van der Waals surface area contributed by atoms with Gasteiger partial charge in [0, 0.05) is 0 Å². The number of hydrogen-bond acceptors (Lipinski definition) is 0. The molecule has 1 spiro atoms. The first-order valence-electron chi connectivity index (χ1n) is 19.4. The Morgan fingerprint density at radius 3 is 1.52 bits per heavy atom. The zero-order chi connectivity index (χ0) is 26.5. The van der Waals surface area contributed by atoms with Crippen LogP contribution in [0, 0.1) is 47.3 Å². The summed E-state index contributed by atoms with van der Waals surface area (Å²) in [5, 5.41) is 0. The molecule has 1 aromatic rings. The van der Waals surface area contributed by atoms with Crippen LogP contribution in [-0.2, 0) is 6.51 Å². The molecule has 224 valence electrons. The molecule has 10 heterocycles. The van der Waals surface area contributed by atoms with Crippen LogP contribution in [0.15, 0.2) is 30.3 Å². The van der Waals surface area contributed by atoms with E-state index in [1.807, 2.05) is 6.16 Å². The van der Waals surface area contributed by atoms with Gasteiger partial charge in [0.15, 0.2) is 0 Å². The van der Waals surface area contributed by atoms with Gasteiger partial charge in [-0.3, -0.25) is 0 Å². The predicted molar refractivity (Wildman–Crippen MR) is 168 cm³/mol. The van der Waals surface area contributed by atoms with Crippen LogP contribution in [-0.4, -0.2) is 17.5 Å². The molecule has 19 rings (SSSR count). The summed E-state index contributed by atoms with van der Waals surface area (Å²) < 4.78 is 2.21. The van der Waals surface area contributed by atoms with E-state index >= 15 is 0 Å². The molecular formula is C40H51FeP. The van der Waals surface area contributed by atoms with E-state index in [0.29, 0.717) is 0 Å². The van der Waals surface area contributed by atoms with Gasteiger partial charge in [-0.15, -0.1) is 0 Å². The van der Waals surface area contributed by atoms with Gasteiger partial charge in [0.1, 0.15) is 0 Å². The summed E-state index contributed by atoms with van der Waals surface area (Å²) in [6.07, 6.45) is 20.7. The fourth-order valence-corrected chi connectivity index (χ4v) is 115. The second kappa shape index (κ2) is 3.53. The molecule has 8 aliphatic carbocycles. The molecule has 6 unspecified atom stereocenters. The average molecular weight is 619 g/mol. The maximum absolute atomic E-state index is 3.42. The van der Waals surface area contributed by atoms with Crippen molar-refractivity contribution in [3.05, 3.63) is 35.9 Å². The van der Waals surface area contributed by atoms with E-state index in [2.05, 4.69) is 37.3 Å². The fraction of sp³-hybridized carbons (Fsp3) is 0.850. The third kappa shape index (κ3) is 0.632. The summed E-state index contributed by atoms with van der Waals surface area (Å²) in [6.45, 7) is -0.737. The van der Waals surface area contributed by atoms with Crippen molar-refractivity contribution < 1.29 is 6.51 Å². The van der Waals surface area contributed by atoms with E-state index in [-0.39, 0.29) is 7.92 Å². The average Bonchev–Trinajstić information content (AvgIpc) is 3.92. The van der Waals surface area contributed by atoms with Gasteiger partial charge in [-0.05, 0) is 0 Å². The van der Waals surface area contributed by atoms with Crippen LogP contribution in [0.5, 0.6) is 0 Å². The van der Waals surface area contributed by atoms with E-state index in [4.69, 9.17) is 0 Å². The normalized spacial score (nSPS) is 84.8. The quantitative estimate of drug-likeness (QED) is 0.211. The van der Waals surface area contributed by atoms with Crippen molar-refractivity contribution in [2.24, 2.45) is 47.3 Å². The second-order valence-corrected chi connectivity index (χ2v) is 49.1. The topological polar surface area (TPSA) is 0 Å². The van der Waals surface area contributed by atoms with E-state index in [9.17, 15) is 0 Å². The standard InChI is InChI=1S/C35H46P.C5H5.Fe/c1-22(29-5-3-2-4-6-29)9-23-7-8-24(10-23)21-36(34-30-13-25-11-26(15-30)16-31(34)14-25)35-32-17-27-12-28(19-32)20-33(35)18-27;1-2-4-5-3-1;/h2-8,10,22,25-28,30-35H,9,11-21H2,1H3;1-5H;. The zero-order valence-corrected chi connectivity index (χ0v) is 27.6. The maximum atomic E-state index is 2.68. The molecule has 0 radical (unpaired) electrons. The van der Waals surface area contributed by atoms with Gasteiger partial charge < -0.3 is 0 Å². The summed E-state index contributed by atoms with van der Waals surface area (Å²) in [4.78, 5) is 11.9. The van der Waals surface area contributed by atoms with Gasteiger partial charge in [-0.1, -0.05) is 0 Å². The molecule has 18 aliphatic rings. The molecule has 10 saturated heterocycles. The second-order valence-electron chi connectivity index (χ2n) is 23.1. The van der Waals surface area contributed by atoms with Crippen molar-refractivity contribution in [3.8, 4) is 0 Å². The summed E-state index contributed by atoms with van der Waals surface area (Å²) in [5.41, 5.74) is 4.25. The van der Waals surface area contributed by atoms with Crippen molar-refractivity contribution in [3.63, 3.8) is 0 Å². The number of benzene rings is 1. The first-order valence-corrected chi connectivity index (χ1v) is 27.2. The molecule has 2 heteroatoms. The van der Waals surface area contributed by atoms with Gasteiger partial charge >= 0.3 is 246 Å². The van der Waals surface area contributed by atoms with Crippen LogP contribution in [0.4, 0.5) is 0 Å². The van der Waals surface area contributed by atoms with Gasteiger partial charge in [-0.2, -0.15) is 0 Å². The van der Waals surface area contributed by atoms with E-state index < -0.39 is 6.51 Å². The number of rotatable bonds is 7. The van der Waals surface area contributed by atoms with Crippen molar-refractivity contribution in [2.45, 2.75) is 142 Å². The fourth-order valence-electron chi connectivity index (χ4n) is 29.4. The van der Waals surface area contributed by atoms with Crippen molar-refractivity contribution in [2.75, 3.05) is 6.16 Å². The third-order valence-electron chi connectivity index (χ3n) is 26.9. The number of fused-ring (bicyclic) bond motifs is 10. The number of hydrogen-bond donors (Lipinski definition) is 0. The Balaban J connectivity index is 0.841. The van der Waals surface area contributed by atoms with Crippen LogP contribution < -0.4 is 0 Å². The van der Waals surface area contributed by atoms with Crippen LogP contribution >= 0.6 is 7.92 Å². The summed E-state index contributed by atoms with van der Waals surface area (Å²) in [7, 11) is 0.282. The van der Waals surface area contributed by atoms with Gasteiger partial charge in [0.25, 0.3) is 0 Å². The third-order valence-corrected chi connectivity index (χ3v) is 75.3. The molecule has 0 nitrogen and oxygen atoms in total. The van der Waals surface area contributed by atoms with Crippen molar-refractivity contribution in [1.82, 2.24) is 0 Å². The van der Waals surface area contributed by atoms with Crippen LogP contribution in [0.25, 0.3) is 0 Å². The Hall–Kier alpha value is 0.169. The first kappa shape index (κ1) is 21.1. The summed E-state index contributed by atoms with van der Waals surface area (Å²) in [6, 6.07) is 11.9. The minimum atomic E-state index is -3.42. The van der Waals surface area contributed by atoms with Crippen molar-refractivity contribution >= 4 is 7.92 Å². The Labute approximate surface area is 244 Å². The first-order chi connectivity index (χ1) is 20.3. The summed E-state index contributed by atoms with van der Waals surface area (Å²) in [5.74, 6) is 10.4. The van der Waals surface area contributed by atoms with Crippen LogP contribution in [0.3, 0.4) is 0 Å². The molecule has 6 atom stereocenters. The molecule has 42 heavy (non-hydrogen) atoms. The Kier molecular flexibility index (Phi) is 1.78. The molecule has 0 amide bonds. The molecule has 1 aromatic carbocycles. The minimum absolute atomic E-state index is 0.282. The SMILES string of the molecule is CC(C[C]12[CH]3[CH]4[C]5(CP(C6C7CC8CC(C7)CC6C8)C6C7CC8CC(C7)CC6C8)[CH]1[Fe]34251678[CH]2[CH]1[CH]6[CH]7[CH]28)c1ccccc1. The Morgan fingerprint density at radius 1 is 0.643 bits per heavy atom. The van der Waals surface area contributed by atoms with E-state index in [1.54, 1.807) is 76.2 Å². The molecule has 0 aromatic heterocycles. The molecule has 8 saturated carbocycles. The van der Waals surface area contributed by atoms with E-state index in [1.165, 1.54) is 97.2 Å². The van der Waals surface area contributed by atoms with Gasteiger partial charge in [-0.25, -0.2) is 0 Å². The molecule has 10 aliphatic heterocycles. The molecule has 0 N–H and O–H groups in total. The Morgan fingerprint density at radius 2 is 1.10 bits per heavy atom. The van der Waals surface area contributed by atoms with Crippen LogP contribution in [0.1, 0.15) is 89.0 Å². The summed E-state index contributed by atoms with van der Waals surface area (Å²) >= 11 is 0. The zero-order valence-electron chi connectivity index (χ0n) is 25.6. The van der Waals surface area contributed by atoms with Crippen molar-refractivity contribution in [1.29, 1.82) is 0 Å². The molecule has 18 fully saturated rings. The Bertz CT molecular complexity index is 1880. The molecular weight excluding hydrogens is 567 g/mol. The van der Waals surface area contributed by atoms with E-state index in [0.717, 1.165) is 14.5 Å². The predicted octanol–water partition coefficient (Wildman–Crippen LogP) is 11.4. The van der Waals surface area contributed by atoms with Gasteiger partial charge in [0.05, 0.1) is 0 Å².